The lowest BCUT2D eigenvalue weighted by atomic mass is 9.98. The van der Waals surface area contributed by atoms with Gasteiger partial charge in [-0.3, -0.25) is 0 Å². The number of hydrogen-bond acceptors (Lipinski definition) is 7. The van der Waals surface area contributed by atoms with E-state index in [9.17, 15) is 8.42 Å². The number of aromatic nitrogens is 2. The Morgan fingerprint density at radius 1 is 1.03 bits per heavy atom. The van der Waals surface area contributed by atoms with E-state index in [0.717, 1.165) is 11.3 Å². The Bertz CT molecular complexity index is 1160. The summed E-state index contributed by atoms with van der Waals surface area (Å²) in [6.45, 7) is 0.672. The number of benzene rings is 2. The Morgan fingerprint density at radius 2 is 1.74 bits per heavy atom. The SMILES string of the molecule is COc1ccc(-c2nnc(C3CCN(S(=O)(=O)c4cc(Cl)ccc4OC)CC3)o2)cc1. The zero-order chi connectivity index (χ0) is 22.0. The second-order valence-electron chi connectivity index (χ2n) is 7.15. The number of rotatable bonds is 6. The highest BCUT2D eigenvalue weighted by molar-refractivity contribution is 7.89. The molecule has 0 amide bonds. The van der Waals surface area contributed by atoms with Crippen molar-refractivity contribution in [2.24, 2.45) is 0 Å². The second-order valence-corrected chi connectivity index (χ2v) is 9.49. The van der Waals surface area contributed by atoms with Gasteiger partial charge in [0.15, 0.2) is 0 Å². The van der Waals surface area contributed by atoms with Gasteiger partial charge in [0.1, 0.15) is 16.4 Å². The van der Waals surface area contributed by atoms with Crippen molar-refractivity contribution in [3.63, 3.8) is 0 Å². The zero-order valence-corrected chi connectivity index (χ0v) is 18.7. The molecule has 0 N–H and O–H groups in total. The van der Waals surface area contributed by atoms with Gasteiger partial charge >= 0.3 is 0 Å². The molecule has 2 aromatic carbocycles. The molecule has 2 heterocycles. The van der Waals surface area contributed by atoms with Crippen LogP contribution in [0.3, 0.4) is 0 Å². The first-order chi connectivity index (χ1) is 14.9. The summed E-state index contributed by atoms with van der Waals surface area (Å²) in [5.74, 6) is 1.95. The number of sulfonamides is 1. The number of nitrogens with zero attached hydrogens (tertiary/aromatic N) is 3. The number of hydrogen-bond donors (Lipinski definition) is 0. The summed E-state index contributed by atoms with van der Waals surface area (Å²) < 4.78 is 44.0. The fourth-order valence-corrected chi connectivity index (χ4v) is 5.47. The Balaban J connectivity index is 1.46. The van der Waals surface area contributed by atoms with E-state index in [1.807, 2.05) is 24.3 Å². The van der Waals surface area contributed by atoms with Gasteiger partial charge in [0.2, 0.25) is 21.8 Å². The molecule has 1 aliphatic heterocycles. The predicted molar refractivity (Wildman–Crippen MR) is 115 cm³/mol. The highest BCUT2D eigenvalue weighted by atomic mass is 35.5. The molecule has 0 bridgehead atoms. The number of methoxy groups -OCH3 is 2. The first kappa shape index (κ1) is 21.6. The van der Waals surface area contributed by atoms with E-state index in [1.165, 1.54) is 17.5 Å². The Morgan fingerprint density at radius 3 is 2.39 bits per heavy atom. The maximum Gasteiger partial charge on any atom is 0.247 e. The molecule has 1 fully saturated rings. The quantitative estimate of drug-likeness (QED) is 0.545. The van der Waals surface area contributed by atoms with Crippen LogP contribution in [0.15, 0.2) is 51.8 Å². The van der Waals surface area contributed by atoms with Crippen LogP contribution in [-0.2, 0) is 10.0 Å². The van der Waals surface area contributed by atoms with Crippen molar-refractivity contribution in [3.05, 3.63) is 53.4 Å². The van der Waals surface area contributed by atoms with E-state index < -0.39 is 10.0 Å². The smallest absolute Gasteiger partial charge is 0.247 e. The van der Waals surface area contributed by atoms with Crippen molar-refractivity contribution < 1.29 is 22.3 Å². The van der Waals surface area contributed by atoms with E-state index in [4.69, 9.17) is 25.5 Å². The maximum atomic E-state index is 13.1. The van der Waals surface area contributed by atoms with Crippen LogP contribution in [0.5, 0.6) is 11.5 Å². The van der Waals surface area contributed by atoms with Gasteiger partial charge in [0.05, 0.1) is 14.2 Å². The predicted octanol–water partition coefficient (Wildman–Crippen LogP) is 3.98. The van der Waals surface area contributed by atoms with E-state index in [-0.39, 0.29) is 16.6 Å². The van der Waals surface area contributed by atoms with Crippen LogP contribution in [-0.4, -0.2) is 50.2 Å². The highest BCUT2D eigenvalue weighted by Crippen LogP contribution is 2.35. The summed E-state index contributed by atoms with van der Waals surface area (Å²) in [5.41, 5.74) is 0.799. The molecule has 1 saturated heterocycles. The van der Waals surface area contributed by atoms with E-state index in [0.29, 0.717) is 42.7 Å². The zero-order valence-electron chi connectivity index (χ0n) is 17.1. The molecule has 0 unspecified atom stereocenters. The van der Waals surface area contributed by atoms with Crippen LogP contribution >= 0.6 is 11.6 Å². The fourth-order valence-electron chi connectivity index (χ4n) is 3.58. The molecule has 0 radical (unpaired) electrons. The van der Waals surface area contributed by atoms with Gasteiger partial charge in [-0.2, -0.15) is 4.31 Å². The van der Waals surface area contributed by atoms with Crippen molar-refractivity contribution >= 4 is 21.6 Å². The van der Waals surface area contributed by atoms with E-state index in [2.05, 4.69) is 10.2 Å². The third-order valence-corrected chi connectivity index (χ3v) is 7.48. The molecule has 3 aromatic rings. The second kappa shape index (κ2) is 8.86. The molecule has 10 heteroatoms. The monoisotopic (exact) mass is 463 g/mol. The first-order valence-corrected chi connectivity index (χ1v) is 11.6. The molecule has 0 aliphatic carbocycles. The van der Waals surface area contributed by atoms with Gasteiger partial charge in [-0.05, 0) is 55.3 Å². The largest absolute Gasteiger partial charge is 0.497 e. The fraction of sp³-hybridized carbons (Fsp3) is 0.333. The summed E-state index contributed by atoms with van der Waals surface area (Å²) >= 11 is 6.02. The molecular weight excluding hydrogens is 442 g/mol. The van der Waals surface area contributed by atoms with Crippen LogP contribution in [0.1, 0.15) is 24.7 Å². The third-order valence-electron chi connectivity index (χ3n) is 5.32. The topological polar surface area (TPSA) is 94.8 Å². The molecule has 0 saturated carbocycles. The molecular formula is C21H22ClN3O5S. The van der Waals surface area contributed by atoms with Crippen molar-refractivity contribution in [2.75, 3.05) is 27.3 Å². The summed E-state index contributed by atoms with van der Waals surface area (Å²) in [4.78, 5) is 0.0699. The highest BCUT2D eigenvalue weighted by Gasteiger charge is 2.33. The Hall–Kier alpha value is -2.62. The van der Waals surface area contributed by atoms with Crippen molar-refractivity contribution in [3.8, 4) is 23.0 Å². The van der Waals surface area contributed by atoms with Crippen molar-refractivity contribution in [2.45, 2.75) is 23.7 Å². The van der Waals surface area contributed by atoms with Crippen LogP contribution < -0.4 is 9.47 Å². The average Bonchev–Trinajstić information content (AvgIpc) is 3.29. The van der Waals surface area contributed by atoms with Crippen LogP contribution in [0.25, 0.3) is 11.5 Å². The molecule has 1 aromatic heterocycles. The lowest BCUT2D eigenvalue weighted by molar-refractivity contribution is 0.290. The minimum atomic E-state index is -3.73. The number of piperidine rings is 1. The maximum absolute atomic E-state index is 13.1. The van der Waals surface area contributed by atoms with Gasteiger partial charge in [-0.15, -0.1) is 10.2 Å². The molecule has 0 spiro atoms. The minimum Gasteiger partial charge on any atom is -0.497 e. The summed E-state index contributed by atoms with van der Waals surface area (Å²) in [6, 6.07) is 11.9. The standard InChI is InChI=1S/C21H22ClN3O5S/c1-28-17-6-3-14(4-7-17)20-23-24-21(30-20)15-9-11-25(12-10-15)31(26,27)19-13-16(22)5-8-18(19)29-2/h3-8,13,15H,9-12H2,1-2H3. The molecule has 4 rings (SSSR count). The van der Waals surface area contributed by atoms with Gasteiger partial charge in [0.25, 0.3) is 0 Å². The minimum absolute atomic E-state index is 0.00722. The molecule has 31 heavy (non-hydrogen) atoms. The van der Waals surface area contributed by atoms with Crippen molar-refractivity contribution in [1.29, 1.82) is 0 Å². The molecule has 8 nitrogen and oxygen atoms in total. The summed E-state index contributed by atoms with van der Waals surface area (Å²) in [5, 5.41) is 8.67. The Labute approximate surface area is 185 Å². The normalized spacial score (nSPS) is 15.7. The number of ether oxygens (including phenoxy) is 2. The van der Waals surface area contributed by atoms with Gasteiger partial charge in [0, 0.05) is 29.6 Å². The van der Waals surface area contributed by atoms with Crippen LogP contribution in [0.4, 0.5) is 0 Å². The Kier molecular flexibility index (Phi) is 6.17. The van der Waals surface area contributed by atoms with Crippen molar-refractivity contribution in [1.82, 2.24) is 14.5 Å². The van der Waals surface area contributed by atoms with Gasteiger partial charge < -0.3 is 13.9 Å². The lowest BCUT2D eigenvalue weighted by Gasteiger charge is -2.30. The van der Waals surface area contributed by atoms with Crippen LogP contribution in [0.2, 0.25) is 5.02 Å². The van der Waals surface area contributed by atoms with Crippen LogP contribution in [0, 0.1) is 0 Å². The average molecular weight is 464 g/mol. The van der Waals surface area contributed by atoms with E-state index >= 15 is 0 Å². The lowest BCUT2D eigenvalue weighted by Crippen LogP contribution is -2.38. The van der Waals surface area contributed by atoms with Gasteiger partial charge in [-0.1, -0.05) is 11.6 Å². The molecule has 1 aliphatic rings. The number of halogens is 1. The molecule has 164 valence electrons. The summed E-state index contributed by atoms with van der Waals surface area (Å²) in [7, 11) is -0.691. The first-order valence-electron chi connectivity index (χ1n) is 9.74. The van der Waals surface area contributed by atoms with E-state index in [1.54, 1.807) is 19.2 Å². The third kappa shape index (κ3) is 4.39. The molecule has 0 atom stereocenters. The van der Waals surface area contributed by atoms with Gasteiger partial charge in [-0.25, -0.2) is 8.42 Å². The summed E-state index contributed by atoms with van der Waals surface area (Å²) in [6.07, 6.45) is 1.15.